The largest absolute Gasteiger partial charge is 0.481 e. The lowest BCUT2D eigenvalue weighted by Gasteiger charge is -2.26. The SMILES string of the molecule is CC1C2CCC(C2)C1CC(=O)O. The lowest BCUT2D eigenvalue weighted by atomic mass is 9.79. The Morgan fingerprint density at radius 1 is 1.42 bits per heavy atom. The summed E-state index contributed by atoms with van der Waals surface area (Å²) < 4.78 is 0. The Bertz CT molecular complexity index is 198. The van der Waals surface area contributed by atoms with Crippen LogP contribution in [0.3, 0.4) is 0 Å². The summed E-state index contributed by atoms with van der Waals surface area (Å²) in [6.07, 6.45) is 4.34. The summed E-state index contributed by atoms with van der Waals surface area (Å²) >= 11 is 0. The van der Waals surface area contributed by atoms with Crippen LogP contribution in [0.25, 0.3) is 0 Å². The van der Waals surface area contributed by atoms with Gasteiger partial charge in [0.1, 0.15) is 0 Å². The minimum atomic E-state index is -0.612. The minimum absolute atomic E-state index is 0.405. The molecule has 1 N–H and O–H groups in total. The molecule has 2 saturated carbocycles. The van der Waals surface area contributed by atoms with E-state index in [0.717, 1.165) is 11.8 Å². The predicted octanol–water partition coefficient (Wildman–Crippen LogP) is 2.14. The fourth-order valence-electron chi connectivity index (χ4n) is 3.25. The maximum atomic E-state index is 10.6. The third-order valence-corrected chi connectivity index (χ3v) is 3.95. The summed E-state index contributed by atoms with van der Waals surface area (Å²) in [4.78, 5) is 10.6. The molecule has 2 aliphatic carbocycles. The van der Waals surface area contributed by atoms with E-state index in [4.69, 9.17) is 5.11 Å². The molecule has 0 aromatic heterocycles. The summed E-state index contributed by atoms with van der Waals surface area (Å²) in [5, 5.41) is 8.72. The Labute approximate surface area is 73.0 Å². The van der Waals surface area contributed by atoms with Crippen LogP contribution in [-0.4, -0.2) is 11.1 Å². The number of fused-ring (bicyclic) bond motifs is 2. The number of hydrogen-bond donors (Lipinski definition) is 1. The third kappa shape index (κ3) is 1.13. The highest BCUT2D eigenvalue weighted by Crippen LogP contribution is 2.53. The van der Waals surface area contributed by atoms with Crippen LogP contribution >= 0.6 is 0 Å². The van der Waals surface area contributed by atoms with Crippen LogP contribution in [0.4, 0.5) is 0 Å². The average Bonchev–Trinajstić information content (AvgIpc) is 2.53. The normalized spacial score (nSPS) is 45.1. The molecule has 2 aliphatic rings. The molecule has 0 spiro atoms. The van der Waals surface area contributed by atoms with Gasteiger partial charge < -0.3 is 5.11 Å². The predicted molar refractivity (Wildman–Crippen MR) is 45.7 cm³/mol. The summed E-state index contributed by atoms with van der Waals surface area (Å²) in [6, 6.07) is 0. The maximum absolute atomic E-state index is 10.6. The van der Waals surface area contributed by atoms with Crippen LogP contribution in [0, 0.1) is 23.7 Å². The van der Waals surface area contributed by atoms with E-state index < -0.39 is 5.97 Å². The van der Waals surface area contributed by atoms with Crippen LogP contribution in [-0.2, 0) is 4.79 Å². The van der Waals surface area contributed by atoms with Gasteiger partial charge in [0.25, 0.3) is 0 Å². The van der Waals surface area contributed by atoms with E-state index in [-0.39, 0.29) is 0 Å². The molecule has 4 unspecified atom stereocenters. The van der Waals surface area contributed by atoms with Crippen molar-refractivity contribution in [3.8, 4) is 0 Å². The topological polar surface area (TPSA) is 37.3 Å². The van der Waals surface area contributed by atoms with Crippen molar-refractivity contribution in [2.75, 3.05) is 0 Å². The summed E-state index contributed by atoms with van der Waals surface area (Å²) in [7, 11) is 0. The number of carbonyl (C=O) groups is 1. The van der Waals surface area contributed by atoms with E-state index in [9.17, 15) is 4.79 Å². The van der Waals surface area contributed by atoms with Crippen LogP contribution < -0.4 is 0 Å². The van der Waals surface area contributed by atoms with Crippen molar-refractivity contribution in [1.82, 2.24) is 0 Å². The number of hydrogen-bond acceptors (Lipinski definition) is 1. The molecule has 2 fully saturated rings. The average molecular weight is 168 g/mol. The van der Waals surface area contributed by atoms with Crippen LogP contribution in [0.5, 0.6) is 0 Å². The second kappa shape index (κ2) is 2.75. The third-order valence-electron chi connectivity index (χ3n) is 3.95. The monoisotopic (exact) mass is 168 g/mol. The van der Waals surface area contributed by atoms with E-state index in [2.05, 4.69) is 6.92 Å². The quantitative estimate of drug-likeness (QED) is 0.686. The molecule has 2 rings (SSSR count). The van der Waals surface area contributed by atoms with Gasteiger partial charge >= 0.3 is 5.97 Å². The molecule has 68 valence electrons. The maximum Gasteiger partial charge on any atom is 0.303 e. The van der Waals surface area contributed by atoms with Crippen molar-refractivity contribution in [1.29, 1.82) is 0 Å². The molecule has 0 aromatic carbocycles. The molecular weight excluding hydrogens is 152 g/mol. The van der Waals surface area contributed by atoms with E-state index in [1.165, 1.54) is 19.3 Å². The van der Waals surface area contributed by atoms with E-state index >= 15 is 0 Å². The van der Waals surface area contributed by atoms with Gasteiger partial charge in [-0.1, -0.05) is 6.92 Å². The Kier molecular flexibility index (Phi) is 1.85. The number of carboxylic acids is 1. The zero-order chi connectivity index (χ0) is 8.72. The molecule has 0 aliphatic heterocycles. The zero-order valence-electron chi connectivity index (χ0n) is 7.49. The summed E-state index contributed by atoms with van der Waals surface area (Å²) in [6.45, 7) is 2.23. The lowest BCUT2D eigenvalue weighted by Crippen LogP contribution is -2.22. The van der Waals surface area contributed by atoms with Gasteiger partial charge in [0, 0.05) is 6.42 Å². The Balaban J connectivity index is 2.02. The molecular formula is C10H16O2. The molecule has 0 amide bonds. The van der Waals surface area contributed by atoms with E-state index in [1.54, 1.807) is 0 Å². The van der Waals surface area contributed by atoms with Gasteiger partial charge in [-0.15, -0.1) is 0 Å². The molecule has 0 saturated heterocycles. The molecule has 12 heavy (non-hydrogen) atoms. The van der Waals surface area contributed by atoms with Gasteiger partial charge in [-0.05, 0) is 42.9 Å². The molecule has 0 radical (unpaired) electrons. The number of carboxylic acid groups (broad SMARTS) is 1. The van der Waals surface area contributed by atoms with Gasteiger partial charge in [0.15, 0.2) is 0 Å². The molecule has 0 heterocycles. The van der Waals surface area contributed by atoms with Gasteiger partial charge in [-0.25, -0.2) is 0 Å². The van der Waals surface area contributed by atoms with Crippen molar-refractivity contribution in [3.63, 3.8) is 0 Å². The molecule has 0 aromatic rings. The Morgan fingerprint density at radius 2 is 2.08 bits per heavy atom. The Morgan fingerprint density at radius 3 is 2.58 bits per heavy atom. The van der Waals surface area contributed by atoms with E-state index in [0.29, 0.717) is 18.3 Å². The second-order valence-electron chi connectivity index (χ2n) is 4.45. The first-order valence-corrected chi connectivity index (χ1v) is 4.90. The standard InChI is InChI=1S/C10H16O2/c1-6-7-2-3-8(4-7)9(6)5-10(11)12/h6-9H,2-5H2,1H3,(H,11,12). The van der Waals surface area contributed by atoms with Crippen molar-refractivity contribution in [3.05, 3.63) is 0 Å². The smallest absolute Gasteiger partial charge is 0.303 e. The van der Waals surface area contributed by atoms with Crippen molar-refractivity contribution < 1.29 is 9.90 Å². The van der Waals surface area contributed by atoms with Crippen molar-refractivity contribution in [2.24, 2.45) is 23.7 Å². The first-order valence-electron chi connectivity index (χ1n) is 4.90. The van der Waals surface area contributed by atoms with Crippen LogP contribution in [0.15, 0.2) is 0 Å². The molecule has 4 atom stereocenters. The summed E-state index contributed by atoms with van der Waals surface area (Å²) in [5.74, 6) is 2.13. The minimum Gasteiger partial charge on any atom is -0.481 e. The van der Waals surface area contributed by atoms with Gasteiger partial charge in [-0.2, -0.15) is 0 Å². The zero-order valence-corrected chi connectivity index (χ0v) is 7.49. The second-order valence-corrected chi connectivity index (χ2v) is 4.45. The Hall–Kier alpha value is -0.530. The van der Waals surface area contributed by atoms with Gasteiger partial charge in [-0.3, -0.25) is 4.79 Å². The first kappa shape index (κ1) is 8.09. The van der Waals surface area contributed by atoms with Gasteiger partial charge in [0.2, 0.25) is 0 Å². The summed E-state index contributed by atoms with van der Waals surface area (Å²) in [5.41, 5.74) is 0. The fourth-order valence-corrected chi connectivity index (χ4v) is 3.25. The number of aliphatic carboxylic acids is 1. The van der Waals surface area contributed by atoms with Crippen LogP contribution in [0.1, 0.15) is 32.6 Å². The van der Waals surface area contributed by atoms with E-state index in [1.807, 2.05) is 0 Å². The highest BCUT2D eigenvalue weighted by atomic mass is 16.4. The first-order chi connectivity index (χ1) is 5.68. The molecule has 2 bridgehead atoms. The molecule has 2 nitrogen and oxygen atoms in total. The highest BCUT2D eigenvalue weighted by molar-refractivity contribution is 5.67. The van der Waals surface area contributed by atoms with Crippen molar-refractivity contribution in [2.45, 2.75) is 32.6 Å². The van der Waals surface area contributed by atoms with Gasteiger partial charge in [0.05, 0.1) is 0 Å². The highest BCUT2D eigenvalue weighted by Gasteiger charge is 2.45. The lowest BCUT2D eigenvalue weighted by molar-refractivity contribution is -0.139. The fraction of sp³-hybridized carbons (Fsp3) is 0.900. The number of rotatable bonds is 2. The molecule has 2 heteroatoms. The van der Waals surface area contributed by atoms with Crippen LogP contribution in [0.2, 0.25) is 0 Å². The van der Waals surface area contributed by atoms with Crippen molar-refractivity contribution >= 4 is 5.97 Å².